The van der Waals surface area contributed by atoms with Gasteiger partial charge in [-0.25, -0.2) is 8.78 Å². The van der Waals surface area contributed by atoms with Crippen LogP contribution in [0.2, 0.25) is 0 Å². The topological polar surface area (TPSA) is 0 Å². The Balaban J connectivity index is 1.70. The number of allylic oxidation sites excluding steroid dienone is 9. The molecule has 1 atom stereocenters. The minimum Gasteiger partial charge on any atom is -0.242 e. The summed E-state index contributed by atoms with van der Waals surface area (Å²) < 4.78 is 27.2. The molecule has 0 radical (unpaired) electrons. The molecule has 3 aliphatic carbocycles. The van der Waals surface area contributed by atoms with E-state index in [2.05, 4.69) is 25.7 Å². The third kappa shape index (κ3) is 3.73. The van der Waals surface area contributed by atoms with Gasteiger partial charge in [-0.2, -0.15) is 0 Å². The fourth-order valence-corrected chi connectivity index (χ4v) is 4.06. The second-order valence-electron chi connectivity index (χ2n) is 7.28. The molecular formula is C21H26F2. The Hall–Kier alpha value is -1.44. The molecule has 0 amide bonds. The van der Waals surface area contributed by atoms with Crippen molar-refractivity contribution in [1.29, 1.82) is 0 Å². The van der Waals surface area contributed by atoms with Gasteiger partial charge in [-0.05, 0) is 48.7 Å². The maximum absolute atomic E-state index is 14.1. The molecular weight excluding hydrogens is 290 g/mol. The number of halogens is 2. The minimum atomic E-state index is -1.27. The van der Waals surface area contributed by atoms with Crippen LogP contribution >= 0.6 is 0 Å². The van der Waals surface area contributed by atoms with Gasteiger partial charge in [0.25, 0.3) is 0 Å². The number of rotatable bonds is 3. The summed E-state index contributed by atoms with van der Waals surface area (Å²) >= 11 is 0. The van der Waals surface area contributed by atoms with Crippen molar-refractivity contribution >= 4 is 0 Å². The molecule has 0 aromatic heterocycles. The van der Waals surface area contributed by atoms with E-state index >= 15 is 0 Å². The first kappa shape index (κ1) is 16.4. The second kappa shape index (κ2) is 6.98. The van der Waals surface area contributed by atoms with Gasteiger partial charge in [-0.15, -0.1) is 0 Å². The van der Waals surface area contributed by atoms with Gasteiger partial charge in [0.05, 0.1) is 0 Å². The van der Waals surface area contributed by atoms with Gasteiger partial charge in [0, 0.05) is 12.0 Å². The Kier molecular flexibility index (Phi) is 4.99. The zero-order chi connectivity index (χ0) is 16.4. The highest BCUT2D eigenvalue weighted by Gasteiger charge is 2.25. The first-order valence-corrected chi connectivity index (χ1v) is 8.84. The van der Waals surface area contributed by atoms with Crippen LogP contribution in [0.5, 0.6) is 0 Å². The zero-order valence-corrected chi connectivity index (χ0v) is 14.0. The van der Waals surface area contributed by atoms with E-state index in [0.717, 1.165) is 30.3 Å². The minimum absolute atomic E-state index is 0.0951. The van der Waals surface area contributed by atoms with Gasteiger partial charge >= 0.3 is 0 Å². The molecule has 3 aliphatic rings. The lowest BCUT2D eigenvalue weighted by molar-refractivity contribution is 0.315. The summed E-state index contributed by atoms with van der Waals surface area (Å²) in [5, 5.41) is 0. The Morgan fingerprint density at radius 3 is 2.26 bits per heavy atom. The average molecular weight is 316 g/mol. The Bertz CT molecular complexity index is 595. The SMILES string of the molecule is C=C(F)C1=CC=C(C2=CC=C(C3CCC(C)CC3)CC2)CC1F. The van der Waals surface area contributed by atoms with E-state index in [1.165, 1.54) is 31.3 Å². The smallest absolute Gasteiger partial charge is 0.132 e. The van der Waals surface area contributed by atoms with Gasteiger partial charge in [0.15, 0.2) is 0 Å². The zero-order valence-electron chi connectivity index (χ0n) is 14.0. The number of hydrogen-bond donors (Lipinski definition) is 0. The van der Waals surface area contributed by atoms with Crippen LogP contribution in [0.25, 0.3) is 0 Å². The van der Waals surface area contributed by atoms with E-state index in [1.54, 1.807) is 11.6 Å². The summed E-state index contributed by atoms with van der Waals surface area (Å²) in [5.41, 5.74) is 3.88. The lowest BCUT2D eigenvalue weighted by Crippen LogP contribution is -2.16. The molecule has 3 rings (SSSR count). The molecule has 124 valence electrons. The van der Waals surface area contributed by atoms with Crippen LogP contribution in [-0.4, -0.2) is 6.17 Å². The van der Waals surface area contributed by atoms with E-state index in [-0.39, 0.29) is 12.0 Å². The quantitative estimate of drug-likeness (QED) is 0.554. The van der Waals surface area contributed by atoms with Crippen LogP contribution < -0.4 is 0 Å². The molecule has 0 nitrogen and oxygen atoms in total. The van der Waals surface area contributed by atoms with Crippen LogP contribution in [0, 0.1) is 11.8 Å². The summed E-state index contributed by atoms with van der Waals surface area (Å²) in [6.07, 6.45) is 14.2. The highest BCUT2D eigenvalue weighted by Crippen LogP contribution is 2.39. The van der Waals surface area contributed by atoms with Crippen molar-refractivity contribution in [2.75, 3.05) is 0 Å². The van der Waals surface area contributed by atoms with E-state index < -0.39 is 12.0 Å². The maximum Gasteiger partial charge on any atom is 0.132 e. The van der Waals surface area contributed by atoms with Crippen LogP contribution in [-0.2, 0) is 0 Å². The van der Waals surface area contributed by atoms with E-state index in [0.29, 0.717) is 0 Å². The van der Waals surface area contributed by atoms with Crippen molar-refractivity contribution in [2.45, 2.75) is 58.0 Å². The fourth-order valence-electron chi connectivity index (χ4n) is 4.06. The van der Waals surface area contributed by atoms with Gasteiger partial charge in [-0.1, -0.05) is 56.2 Å². The summed E-state index contributed by atoms with van der Waals surface area (Å²) in [5.74, 6) is 0.973. The molecule has 2 heteroatoms. The number of hydrogen-bond acceptors (Lipinski definition) is 0. The first-order valence-electron chi connectivity index (χ1n) is 8.84. The molecule has 1 unspecified atom stereocenters. The van der Waals surface area contributed by atoms with Crippen LogP contribution in [0.4, 0.5) is 8.78 Å². The summed E-state index contributed by atoms with van der Waals surface area (Å²) in [6, 6.07) is 0. The highest BCUT2D eigenvalue weighted by molar-refractivity contribution is 5.46. The third-order valence-electron chi connectivity index (χ3n) is 5.65. The van der Waals surface area contributed by atoms with E-state index in [4.69, 9.17) is 0 Å². The van der Waals surface area contributed by atoms with E-state index in [9.17, 15) is 8.78 Å². The Morgan fingerprint density at radius 1 is 1.00 bits per heavy atom. The molecule has 0 aliphatic heterocycles. The van der Waals surface area contributed by atoms with Gasteiger partial charge in [-0.3, -0.25) is 0 Å². The van der Waals surface area contributed by atoms with Crippen molar-refractivity contribution in [3.8, 4) is 0 Å². The largest absolute Gasteiger partial charge is 0.242 e. The van der Waals surface area contributed by atoms with Crippen molar-refractivity contribution in [3.63, 3.8) is 0 Å². The lowest BCUT2D eigenvalue weighted by Gasteiger charge is -2.30. The predicted octanol–water partition coefficient (Wildman–Crippen LogP) is 6.54. The molecule has 0 bridgehead atoms. The first-order chi connectivity index (χ1) is 11.0. The molecule has 0 aromatic rings. The van der Waals surface area contributed by atoms with Crippen molar-refractivity contribution in [3.05, 3.63) is 59.0 Å². The highest BCUT2D eigenvalue weighted by atomic mass is 19.1. The third-order valence-corrected chi connectivity index (χ3v) is 5.65. The summed E-state index contributed by atoms with van der Waals surface area (Å²) in [6.45, 7) is 5.55. The standard InChI is InChI=1S/C21H26F2/c1-14-3-5-16(6-4-14)17-7-9-18(10-8-17)19-11-12-20(15(2)22)21(23)13-19/h7,9,11-12,14,16,21H,2-6,8,10,13H2,1H3. The van der Waals surface area contributed by atoms with E-state index in [1.807, 2.05) is 6.08 Å². The lowest BCUT2D eigenvalue weighted by atomic mass is 9.75. The summed E-state index contributed by atoms with van der Waals surface area (Å²) in [7, 11) is 0. The molecule has 1 saturated carbocycles. The molecule has 23 heavy (non-hydrogen) atoms. The number of alkyl halides is 1. The van der Waals surface area contributed by atoms with Gasteiger partial charge in [0.1, 0.15) is 12.0 Å². The van der Waals surface area contributed by atoms with Gasteiger partial charge in [0.2, 0.25) is 0 Å². The molecule has 0 N–H and O–H groups in total. The molecule has 0 spiro atoms. The van der Waals surface area contributed by atoms with Crippen LogP contribution in [0.1, 0.15) is 51.9 Å². The Labute approximate surface area is 138 Å². The van der Waals surface area contributed by atoms with Crippen LogP contribution in [0.15, 0.2) is 59.0 Å². The van der Waals surface area contributed by atoms with Crippen molar-refractivity contribution in [2.24, 2.45) is 11.8 Å². The average Bonchev–Trinajstić information content (AvgIpc) is 2.55. The fraction of sp³-hybridized carbons (Fsp3) is 0.524. The molecule has 0 aromatic carbocycles. The molecule has 1 fully saturated rings. The molecule has 0 saturated heterocycles. The molecule has 0 heterocycles. The van der Waals surface area contributed by atoms with Crippen LogP contribution in [0.3, 0.4) is 0 Å². The van der Waals surface area contributed by atoms with Gasteiger partial charge < -0.3 is 0 Å². The monoisotopic (exact) mass is 316 g/mol. The second-order valence-corrected chi connectivity index (χ2v) is 7.28. The Morgan fingerprint density at radius 2 is 1.70 bits per heavy atom. The normalized spacial score (nSPS) is 31.7. The maximum atomic E-state index is 14.1. The van der Waals surface area contributed by atoms with Crippen molar-refractivity contribution in [1.82, 2.24) is 0 Å². The predicted molar refractivity (Wildman–Crippen MR) is 92.4 cm³/mol. The summed E-state index contributed by atoms with van der Waals surface area (Å²) in [4.78, 5) is 0. The van der Waals surface area contributed by atoms with Crippen molar-refractivity contribution < 1.29 is 8.78 Å².